The van der Waals surface area contributed by atoms with Gasteiger partial charge in [0.1, 0.15) is 0 Å². The minimum atomic E-state index is 0.00493. The largest absolute Gasteiger partial charge is 0.349 e. The van der Waals surface area contributed by atoms with E-state index in [2.05, 4.69) is 10.6 Å². The van der Waals surface area contributed by atoms with Gasteiger partial charge < -0.3 is 10.6 Å². The second-order valence-corrected chi connectivity index (χ2v) is 6.11. The summed E-state index contributed by atoms with van der Waals surface area (Å²) in [5.74, 6) is 0.313. The first kappa shape index (κ1) is 12.9. The van der Waals surface area contributed by atoms with Gasteiger partial charge in [-0.15, -0.1) is 0 Å². The molecule has 2 fully saturated rings. The molecule has 0 aromatic heterocycles. The highest BCUT2D eigenvalue weighted by Crippen LogP contribution is 2.33. The number of carbonyl (C=O) groups is 1. The summed E-state index contributed by atoms with van der Waals surface area (Å²) in [4.78, 5) is 12.3. The first-order valence-electron chi connectivity index (χ1n) is 6.95. The highest BCUT2D eigenvalue weighted by molar-refractivity contribution is 6.30. The summed E-state index contributed by atoms with van der Waals surface area (Å²) < 4.78 is 0. The van der Waals surface area contributed by atoms with Crippen molar-refractivity contribution in [3.05, 3.63) is 34.9 Å². The van der Waals surface area contributed by atoms with Crippen molar-refractivity contribution < 1.29 is 4.79 Å². The van der Waals surface area contributed by atoms with E-state index in [1.165, 1.54) is 6.42 Å². The third-order valence-corrected chi connectivity index (χ3v) is 4.58. The van der Waals surface area contributed by atoms with Gasteiger partial charge in [-0.3, -0.25) is 4.79 Å². The van der Waals surface area contributed by atoms with Crippen LogP contribution in [-0.4, -0.2) is 18.0 Å². The lowest BCUT2D eigenvalue weighted by atomic mass is 9.88. The van der Waals surface area contributed by atoms with Crippen LogP contribution in [0, 0.1) is 5.92 Å². The quantitative estimate of drug-likeness (QED) is 0.892. The van der Waals surface area contributed by atoms with Crippen molar-refractivity contribution in [2.45, 2.75) is 44.3 Å². The zero-order chi connectivity index (χ0) is 13.4. The van der Waals surface area contributed by atoms with Crippen molar-refractivity contribution in [3.8, 4) is 0 Å². The van der Waals surface area contributed by atoms with Crippen LogP contribution in [0.15, 0.2) is 24.3 Å². The van der Waals surface area contributed by atoms with Crippen LogP contribution in [-0.2, 0) is 4.79 Å². The van der Waals surface area contributed by atoms with Gasteiger partial charge in [0.25, 0.3) is 0 Å². The van der Waals surface area contributed by atoms with Crippen molar-refractivity contribution in [2.75, 3.05) is 0 Å². The van der Waals surface area contributed by atoms with E-state index in [0.29, 0.717) is 17.1 Å². The van der Waals surface area contributed by atoms with E-state index in [4.69, 9.17) is 11.6 Å². The van der Waals surface area contributed by atoms with Crippen molar-refractivity contribution in [2.24, 2.45) is 5.92 Å². The van der Waals surface area contributed by atoms with Crippen LogP contribution in [0.25, 0.3) is 0 Å². The second kappa shape index (κ2) is 5.14. The fourth-order valence-electron chi connectivity index (χ4n) is 3.29. The number of carbonyl (C=O) groups excluding carboxylic acids is 1. The molecule has 2 bridgehead atoms. The monoisotopic (exact) mass is 278 g/mol. The number of fused-ring (bicyclic) bond motifs is 2. The third-order valence-electron chi connectivity index (χ3n) is 4.34. The Kier molecular flexibility index (Phi) is 3.50. The molecule has 0 aliphatic carbocycles. The Bertz CT molecular complexity index is 491. The van der Waals surface area contributed by atoms with E-state index in [9.17, 15) is 4.79 Å². The number of nitrogens with one attached hydrogen (secondary N) is 2. The molecule has 2 aliphatic heterocycles. The molecule has 0 radical (unpaired) electrons. The van der Waals surface area contributed by atoms with Crippen LogP contribution in [0.1, 0.15) is 37.8 Å². The van der Waals surface area contributed by atoms with Crippen molar-refractivity contribution >= 4 is 17.5 Å². The Morgan fingerprint density at radius 1 is 1.47 bits per heavy atom. The molecule has 2 aliphatic rings. The molecule has 1 amide bonds. The van der Waals surface area contributed by atoms with E-state index in [1.807, 2.05) is 31.2 Å². The highest BCUT2D eigenvalue weighted by Gasteiger charge is 2.42. The Morgan fingerprint density at radius 3 is 2.95 bits per heavy atom. The average molecular weight is 279 g/mol. The molecule has 1 aromatic rings. The maximum Gasteiger partial charge on any atom is 0.225 e. The first-order valence-corrected chi connectivity index (χ1v) is 7.33. The summed E-state index contributed by atoms with van der Waals surface area (Å²) in [5, 5.41) is 7.32. The van der Waals surface area contributed by atoms with Crippen LogP contribution in [0.4, 0.5) is 0 Å². The molecule has 4 heteroatoms. The smallest absolute Gasteiger partial charge is 0.225 e. The van der Waals surface area contributed by atoms with Crippen LogP contribution in [0.3, 0.4) is 0 Å². The summed E-state index contributed by atoms with van der Waals surface area (Å²) in [5.41, 5.74) is 1.05. The van der Waals surface area contributed by atoms with Gasteiger partial charge in [0.15, 0.2) is 0 Å². The highest BCUT2D eigenvalue weighted by atomic mass is 35.5. The molecular weight excluding hydrogens is 260 g/mol. The summed E-state index contributed by atoms with van der Waals surface area (Å²) >= 11 is 5.98. The summed E-state index contributed by atoms with van der Waals surface area (Å²) in [6, 6.07) is 8.62. The van der Waals surface area contributed by atoms with Crippen LogP contribution >= 0.6 is 11.6 Å². The van der Waals surface area contributed by atoms with Crippen LogP contribution in [0.2, 0.25) is 5.02 Å². The Hall–Kier alpha value is -1.06. The lowest BCUT2D eigenvalue weighted by Crippen LogP contribution is -2.38. The van der Waals surface area contributed by atoms with Crippen molar-refractivity contribution in [1.82, 2.24) is 10.6 Å². The molecule has 1 aromatic carbocycles. The van der Waals surface area contributed by atoms with Crippen LogP contribution in [0.5, 0.6) is 0 Å². The zero-order valence-electron chi connectivity index (χ0n) is 11.0. The SMILES string of the molecule is C[C@@H](NC(=O)C1CC2CCC1N2)c1cccc(Cl)c1. The summed E-state index contributed by atoms with van der Waals surface area (Å²) in [6.07, 6.45) is 3.34. The van der Waals surface area contributed by atoms with Gasteiger partial charge in [0.05, 0.1) is 12.0 Å². The Labute approximate surface area is 118 Å². The minimum Gasteiger partial charge on any atom is -0.349 e. The van der Waals surface area contributed by atoms with Gasteiger partial charge >= 0.3 is 0 Å². The average Bonchev–Trinajstić information content (AvgIpc) is 3.00. The predicted molar refractivity (Wildman–Crippen MR) is 76.1 cm³/mol. The molecule has 102 valence electrons. The number of hydrogen-bond donors (Lipinski definition) is 2. The Morgan fingerprint density at radius 2 is 2.32 bits per heavy atom. The number of rotatable bonds is 3. The Balaban J connectivity index is 1.63. The maximum atomic E-state index is 12.3. The van der Waals surface area contributed by atoms with Crippen molar-refractivity contribution in [1.29, 1.82) is 0 Å². The van der Waals surface area contributed by atoms with Gasteiger partial charge in [0.2, 0.25) is 5.91 Å². The topological polar surface area (TPSA) is 41.1 Å². The molecule has 2 N–H and O–H groups in total. The maximum absolute atomic E-state index is 12.3. The zero-order valence-corrected chi connectivity index (χ0v) is 11.8. The van der Waals surface area contributed by atoms with E-state index < -0.39 is 0 Å². The molecular formula is C15H19ClN2O. The molecule has 4 atom stereocenters. The van der Waals surface area contributed by atoms with E-state index in [0.717, 1.165) is 18.4 Å². The lowest BCUT2D eigenvalue weighted by molar-refractivity contribution is -0.126. The van der Waals surface area contributed by atoms with Gasteiger partial charge in [-0.1, -0.05) is 23.7 Å². The summed E-state index contributed by atoms with van der Waals surface area (Å²) in [7, 11) is 0. The van der Waals surface area contributed by atoms with Gasteiger partial charge in [0, 0.05) is 17.1 Å². The van der Waals surface area contributed by atoms with Gasteiger partial charge in [-0.2, -0.15) is 0 Å². The van der Waals surface area contributed by atoms with Crippen LogP contribution < -0.4 is 10.6 Å². The van der Waals surface area contributed by atoms with E-state index >= 15 is 0 Å². The molecule has 2 saturated heterocycles. The molecule has 19 heavy (non-hydrogen) atoms. The fraction of sp³-hybridized carbons (Fsp3) is 0.533. The van der Waals surface area contributed by atoms with Crippen molar-refractivity contribution in [3.63, 3.8) is 0 Å². The standard InChI is InChI=1S/C15H19ClN2O/c1-9(10-3-2-4-11(16)7-10)17-15(19)13-8-12-5-6-14(13)18-12/h2-4,7,9,12-14,18H,5-6,8H2,1H3,(H,17,19)/t9-,12?,13?,14?/m1/s1. The lowest BCUT2D eigenvalue weighted by Gasteiger charge is -2.22. The summed E-state index contributed by atoms with van der Waals surface area (Å²) in [6.45, 7) is 2.00. The number of benzene rings is 1. The molecule has 3 unspecified atom stereocenters. The van der Waals surface area contributed by atoms with Gasteiger partial charge in [-0.25, -0.2) is 0 Å². The molecule has 0 saturated carbocycles. The molecule has 0 spiro atoms. The first-order chi connectivity index (χ1) is 9.13. The molecule has 3 rings (SSSR count). The fourth-order valence-corrected chi connectivity index (χ4v) is 3.49. The predicted octanol–water partition coefficient (Wildman–Crippen LogP) is 2.66. The normalized spacial score (nSPS) is 30.3. The van der Waals surface area contributed by atoms with Gasteiger partial charge in [-0.05, 0) is 43.9 Å². The van der Waals surface area contributed by atoms with E-state index in [1.54, 1.807) is 0 Å². The number of halogens is 1. The van der Waals surface area contributed by atoms with E-state index in [-0.39, 0.29) is 17.9 Å². The number of hydrogen-bond acceptors (Lipinski definition) is 2. The number of amides is 1. The third kappa shape index (κ3) is 2.63. The second-order valence-electron chi connectivity index (χ2n) is 5.67. The molecule has 2 heterocycles. The minimum absolute atomic E-state index is 0.00493. The molecule has 3 nitrogen and oxygen atoms in total.